The third kappa shape index (κ3) is 4.91. The molecule has 1 unspecified atom stereocenters. The van der Waals surface area contributed by atoms with E-state index in [9.17, 15) is 4.21 Å². The SMILES string of the molecule is CC.Cc1ccc(S(=O)NC(C)(C)C)c(C)c1C. The van der Waals surface area contributed by atoms with Gasteiger partial charge in [0.2, 0.25) is 0 Å². The van der Waals surface area contributed by atoms with Crippen LogP contribution in [0.25, 0.3) is 0 Å². The van der Waals surface area contributed by atoms with Crippen LogP contribution in [-0.2, 0) is 11.0 Å². The fourth-order valence-electron chi connectivity index (χ4n) is 1.47. The summed E-state index contributed by atoms with van der Waals surface area (Å²) in [6.07, 6.45) is 0. The fourth-order valence-corrected chi connectivity index (χ4v) is 2.75. The summed E-state index contributed by atoms with van der Waals surface area (Å²) in [7, 11) is -1.13. The van der Waals surface area contributed by atoms with Gasteiger partial charge in [-0.3, -0.25) is 0 Å². The van der Waals surface area contributed by atoms with Gasteiger partial charge in [-0.25, -0.2) is 8.93 Å². The van der Waals surface area contributed by atoms with Gasteiger partial charge in [-0.1, -0.05) is 19.9 Å². The van der Waals surface area contributed by atoms with Gasteiger partial charge < -0.3 is 0 Å². The molecule has 0 radical (unpaired) electrons. The highest BCUT2D eigenvalue weighted by atomic mass is 32.2. The standard InChI is InChI=1S/C13H21NOS.C2H6/c1-9-7-8-12(11(3)10(9)2)16(15)14-13(4,5)6;1-2/h7-8,14H,1-6H3;1-2H3. The normalized spacial score (nSPS) is 12.7. The predicted molar refractivity (Wildman–Crippen MR) is 81.3 cm³/mol. The molecule has 0 spiro atoms. The van der Waals surface area contributed by atoms with E-state index >= 15 is 0 Å². The molecule has 1 N–H and O–H groups in total. The van der Waals surface area contributed by atoms with Crippen molar-refractivity contribution in [1.82, 2.24) is 4.72 Å². The van der Waals surface area contributed by atoms with Gasteiger partial charge >= 0.3 is 0 Å². The van der Waals surface area contributed by atoms with Gasteiger partial charge in [-0.05, 0) is 64.3 Å². The van der Waals surface area contributed by atoms with E-state index in [2.05, 4.69) is 18.6 Å². The Labute approximate surface area is 115 Å². The zero-order valence-electron chi connectivity index (χ0n) is 13.0. The van der Waals surface area contributed by atoms with E-state index in [0.29, 0.717) is 0 Å². The van der Waals surface area contributed by atoms with Gasteiger partial charge in [-0.2, -0.15) is 0 Å². The molecule has 0 saturated carbocycles. The first-order valence-electron chi connectivity index (χ1n) is 6.49. The maximum Gasteiger partial charge on any atom is 0.125 e. The van der Waals surface area contributed by atoms with Crippen molar-refractivity contribution in [3.05, 3.63) is 28.8 Å². The van der Waals surface area contributed by atoms with Crippen LogP contribution in [0.5, 0.6) is 0 Å². The maximum absolute atomic E-state index is 12.1. The molecule has 0 fully saturated rings. The predicted octanol–water partition coefficient (Wildman–Crippen LogP) is 4.05. The van der Waals surface area contributed by atoms with Gasteiger partial charge in [0.15, 0.2) is 0 Å². The Morgan fingerprint density at radius 3 is 1.94 bits per heavy atom. The second-order valence-electron chi connectivity index (χ2n) is 5.25. The smallest absolute Gasteiger partial charge is 0.125 e. The number of hydrogen-bond acceptors (Lipinski definition) is 1. The van der Waals surface area contributed by atoms with Crippen molar-refractivity contribution in [1.29, 1.82) is 0 Å². The monoisotopic (exact) mass is 269 g/mol. The zero-order valence-corrected chi connectivity index (χ0v) is 13.8. The van der Waals surface area contributed by atoms with Crippen LogP contribution in [0.15, 0.2) is 17.0 Å². The molecule has 2 nitrogen and oxygen atoms in total. The Morgan fingerprint density at radius 1 is 1.00 bits per heavy atom. The summed E-state index contributed by atoms with van der Waals surface area (Å²) in [5.74, 6) is 0. The quantitative estimate of drug-likeness (QED) is 0.862. The van der Waals surface area contributed by atoms with Crippen LogP contribution in [0.4, 0.5) is 0 Å². The molecule has 0 aromatic heterocycles. The summed E-state index contributed by atoms with van der Waals surface area (Å²) >= 11 is 0. The van der Waals surface area contributed by atoms with Crippen molar-refractivity contribution in [3.63, 3.8) is 0 Å². The third-order valence-electron chi connectivity index (χ3n) is 2.61. The van der Waals surface area contributed by atoms with E-state index < -0.39 is 11.0 Å². The summed E-state index contributed by atoms with van der Waals surface area (Å²) in [6, 6.07) is 3.98. The number of nitrogens with one attached hydrogen (secondary N) is 1. The lowest BCUT2D eigenvalue weighted by Gasteiger charge is -2.21. The number of benzene rings is 1. The van der Waals surface area contributed by atoms with Gasteiger partial charge in [0.25, 0.3) is 0 Å². The topological polar surface area (TPSA) is 29.1 Å². The summed E-state index contributed by atoms with van der Waals surface area (Å²) in [4.78, 5) is 0.887. The van der Waals surface area contributed by atoms with Crippen molar-refractivity contribution in [2.24, 2.45) is 0 Å². The molecular formula is C15H27NOS. The molecule has 0 bridgehead atoms. The van der Waals surface area contributed by atoms with Gasteiger partial charge in [0, 0.05) is 5.54 Å². The third-order valence-corrected chi connectivity index (χ3v) is 4.25. The van der Waals surface area contributed by atoms with Crippen molar-refractivity contribution in [2.75, 3.05) is 0 Å². The molecule has 0 amide bonds. The van der Waals surface area contributed by atoms with E-state index in [-0.39, 0.29) is 5.54 Å². The molecule has 0 aliphatic carbocycles. The van der Waals surface area contributed by atoms with Gasteiger partial charge in [0.05, 0.1) is 4.90 Å². The van der Waals surface area contributed by atoms with E-state index in [4.69, 9.17) is 0 Å². The Balaban J connectivity index is 0.00000137. The van der Waals surface area contributed by atoms with Gasteiger partial charge in [-0.15, -0.1) is 0 Å². The van der Waals surface area contributed by atoms with E-state index in [0.717, 1.165) is 10.5 Å². The molecule has 0 saturated heterocycles. The van der Waals surface area contributed by atoms with Crippen LogP contribution in [0.1, 0.15) is 51.3 Å². The Kier molecular flexibility index (Phi) is 6.79. The summed E-state index contributed by atoms with van der Waals surface area (Å²) in [5, 5.41) is 0. The van der Waals surface area contributed by atoms with E-state index in [1.54, 1.807) is 0 Å². The van der Waals surface area contributed by atoms with E-state index in [1.807, 2.05) is 53.7 Å². The Bertz CT molecular complexity index is 419. The first-order valence-corrected chi connectivity index (χ1v) is 7.64. The average molecular weight is 269 g/mol. The molecule has 3 heteroatoms. The van der Waals surface area contributed by atoms with Crippen LogP contribution in [0.3, 0.4) is 0 Å². The summed E-state index contributed by atoms with van der Waals surface area (Å²) < 4.78 is 15.2. The minimum Gasteiger partial charge on any atom is -0.237 e. The molecule has 1 atom stereocenters. The first kappa shape index (κ1) is 17.3. The Hall–Kier alpha value is -0.670. The molecule has 0 heterocycles. The zero-order chi connectivity index (χ0) is 14.5. The van der Waals surface area contributed by atoms with Crippen LogP contribution in [0, 0.1) is 20.8 Å². The lowest BCUT2D eigenvalue weighted by atomic mass is 10.1. The highest BCUT2D eigenvalue weighted by Crippen LogP contribution is 2.20. The number of rotatable bonds is 2. The fraction of sp³-hybridized carbons (Fsp3) is 0.600. The average Bonchev–Trinajstić information content (AvgIpc) is 2.26. The van der Waals surface area contributed by atoms with Crippen molar-refractivity contribution in [2.45, 2.75) is 65.8 Å². The molecular weight excluding hydrogens is 242 g/mol. The largest absolute Gasteiger partial charge is 0.237 e. The van der Waals surface area contributed by atoms with Crippen LogP contribution in [0.2, 0.25) is 0 Å². The maximum atomic E-state index is 12.1. The van der Waals surface area contributed by atoms with Crippen LogP contribution < -0.4 is 4.72 Å². The molecule has 0 aliphatic heterocycles. The second kappa shape index (κ2) is 7.05. The summed E-state index contributed by atoms with van der Waals surface area (Å²) in [5.41, 5.74) is 3.45. The molecule has 1 rings (SSSR count). The molecule has 0 aliphatic rings. The lowest BCUT2D eigenvalue weighted by molar-refractivity contribution is 0.519. The Morgan fingerprint density at radius 2 is 1.50 bits per heavy atom. The highest BCUT2D eigenvalue weighted by molar-refractivity contribution is 7.83. The molecule has 104 valence electrons. The first-order chi connectivity index (χ1) is 8.22. The van der Waals surface area contributed by atoms with Crippen molar-refractivity contribution >= 4 is 11.0 Å². The van der Waals surface area contributed by atoms with Gasteiger partial charge in [0.1, 0.15) is 11.0 Å². The number of aryl methyl sites for hydroxylation is 1. The van der Waals surface area contributed by atoms with Crippen molar-refractivity contribution in [3.8, 4) is 0 Å². The number of hydrogen-bond donors (Lipinski definition) is 1. The molecule has 18 heavy (non-hydrogen) atoms. The molecule has 1 aromatic rings. The summed E-state index contributed by atoms with van der Waals surface area (Å²) in [6.45, 7) is 16.2. The van der Waals surface area contributed by atoms with Crippen LogP contribution in [-0.4, -0.2) is 9.75 Å². The minimum atomic E-state index is -1.13. The van der Waals surface area contributed by atoms with Crippen molar-refractivity contribution < 1.29 is 4.21 Å². The lowest BCUT2D eigenvalue weighted by Crippen LogP contribution is -2.37. The highest BCUT2D eigenvalue weighted by Gasteiger charge is 2.16. The van der Waals surface area contributed by atoms with Crippen LogP contribution >= 0.6 is 0 Å². The van der Waals surface area contributed by atoms with E-state index in [1.165, 1.54) is 11.1 Å². The minimum absolute atomic E-state index is 0.143. The molecule has 1 aromatic carbocycles. The second-order valence-corrected chi connectivity index (χ2v) is 6.43.